The molecule has 2 aromatic heterocycles. The van der Waals surface area contributed by atoms with Crippen molar-refractivity contribution in [1.82, 2.24) is 14.8 Å². The number of rotatable bonds is 2. The molecule has 2 heterocycles. The molecule has 3 rings (SSSR count). The molecule has 0 radical (unpaired) electrons. The van der Waals surface area contributed by atoms with Crippen molar-refractivity contribution >= 4 is 21.6 Å². The van der Waals surface area contributed by atoms with E-state index >= 15 is 0 Å². The summed E-state index contributed by atoms with van der Waals surface area (Å²) in [6.45, 7) is 0. The normalized spacial score (nSPS) is 15.1. The summed E-state index contributed by atoms with van der Waals surface area (Å²) in [6, 6.07) is 3.60. The van der Waals surface area contributed by atoms with Gasteiger partial charge in [-0.25, -0.2) is 4.98 Å². The van der Waals surface area contributed by atoms with Gasteiger partial charge in [-0.3, -0.25) is 9.89 Å². The first-order chi connectivity index (χ1) is 8.16. The zero-order chi connectivity index (χ0) is 12.0. The molecule has 1 aliphatic rings. The van der Waals surface area contributed by atoms with Crippen LogP contribution in [0.1, 0.15) is 24.5 Å². The number of hydrogen-bond donors (Lipinski definition) is 2. The number of aromatic nitrogens is 3. The number of nitrogen functional groups attached to an aromatic ring is 1. The van der Waals surface area contributed by atoms with Crippen molar-refractivity contribution in [1.29, 1.82) is 0 Å². The first kappa shape index (κ1) is 10.6. The number of pyridine rings is 1. The number of aromatic amines is 1. The van der Waals surface area contributed by atoms with Crippen LogP contribution in [0.3, 0.4) is 0 Å². The van der Waals surface area contributed by atoms with Gasteiger partial charge in [0, 0.05) is 16.6 Å². The number of H-pyrrole nitrogens is 1. The number of nitrogens with one attached hydrogen (secondary N) is 1. The quantitative estimate of drug-likeness (QED) is 0.886. The van der Waals surface area contributed by atoms with Gasteiger partial charge < -0.3 is 5.73 Å². The second-order valence-corrected chi connectivity index (χ2v) is 5.10. The van der Waals surface area contributed by atoms with E-state index in [-0.39, 0.29) is 5.56 Å². The molecule has 88 valence electrons. The van der Waals surface area contributed by atoms with Crippen molar-refractivity contribution in [3.8, 4) is 5.82 Å². The number of anilines is 1. The highest BCUT2D eigenvalue weighted by Gasteiger charge is 2.29. The molecule has 1 aliphatic carbocycles. The summed E-state index contributed by atoms with van der Waals surface area (Å²) in [5, 5.41) is 3.05. The van der Waals surface area contributed by atoms with Crippen LogP contribution in [-0.2, 0) is 0 Å². The lowest BCUT2D eigenvalue weighted by Gasteiger charge is -2.00. The molecule has 0 aliphatic heterocycles. The Morgan fingerprint density at radius 3 is 2.82 bits per heavy atom. The van der Waals surface area contributed by atoms with E-state index in [1.807, 2.05) is 6.07 Å². The summed E-state index contributed by atoms with van der Waals surface area (Å²) in [6.07, 6.45) is 3.84. The summed E-state index contributed by atoms with van der Waals surface area (Å²) < 4.78 is 2.27. The van der Waals surface area contributed by atoms with Crippen molar-refractivity contribution in [3.63, 3.8) is 0 Å². The Kier molecular flexibility index (Phi) is 2.32. The number of nitrogens with zero attached hydrogens (tertiary/aromatic N) is 2. The topological polar surface area (TPSA) is 76.7 Å². The van der Waals surface area contributed by atoms with Gasteiger partial charge in [-0.05, 0) is 40.9 Å². The highest BCUT2D eigenvalue weighted by molar-refractivity contribution is 9.10. The van der Waals surface area contributed by atoms with Gasteiger partial charge in [-0.1, -0.05) is 0 Å². The number of halogens is 1. The standard InChI is InChI=1S/C11H11BrN4O/c12-7-3-4-8(14-5-7)16-11(17)9(13)10(15-16)6-1-2-6/h3-6,15H,1-2,13H2. The molecule has 3 N–H and O–H groups in total. The van der Waals surface area contributed by atoms with Crippen LogP contribution >= 0.6 is 15.9 Å². The van der Waals surface area contributed by atoms with Crippen molar-refractivity contribution in [2.75, 3.05) is 5.73 Å². The summed E-state index contributed by atoms with van der Waals surface area (Å²) in [7, 11) is 0. The Hall–Kier alpha value is -1.56. The lowest BCUT2D eigenvalue weighted by molar-refractivity contribution is 0.791. The Bertz CT molecular complexity index is 609. The van der Waals surface area contributed by atoms with Gasteiger partial charge >= 0.3 is 0 Å². The van der Waals surface area contributed by atoms with E-state index in [4.69, 9.17) is 5.73 Å². The Balaban J connectivity index is 2.11. The van der Waals surface area contributed by atoms with Crippen LogP contribution in [-0.4, -0.2) is 14.8 Å². The maximum atomic E-state index is 12.0. The van der Waals surface area contributed by atoms with E-state index in [1.54, 1.807) is 12.3 Å². The monoisotopic (exact) mass is 294 g/mol. The fraction of sp³-hybridized carbons (Fsp3) is 0.273. The van der Waals surface area contributed by atoms with Gasteiger partial charge in [0.05, 0.1) is 5.69 Å². The van der Waals surface area contributed by atoms with Crippen LogP contribution in [0.4, 0.5) is 5.69 Å². The fourth-order valence-electron chi connectivity index (χ4n) is 1.81. The van der Waals surface area contributed by atoms with Crippen molar-refractivity contribution in [2.24, 2.45) is 0 Å². The maximum absolute atomic E-state index is 12.0. The highest BCUT2D eigenvalue weighted by atomic mass is 79.9. The van der Waals surface area contributed by atoms with Crippen LogP contribution in [0.2, 0.25) is 0 Å². The van der Waals surface area contributed by atoms with Crippen LogP contribution in [0.15, 0.2) is 27.6 Å². The molecular weight excluding hydrogens is 284 g/mol. The fourth-order valence-corrected chi connectivity index (χ4v) is 2.05. The van der Waals surface area contributed by atoms with E-state index in [9.17, 15) is 4.79 Å². The Morgan fingerprint density at radius 1 is 1.47 bits per heavy atom. The minimum absolute atomic E-state index is 0.221. The lowest BCUT2D eigenvalue weighted by atomic mass is 10.3. The van der Waals surface area contributed by atoms with Gasteiger partial charge in [-0.2, -0.15) is 4.68 Å². The second kappa shape index (κ2) is 3.73. The Morgan fingerprint density at radius 2 is 2.24 bits per heavy atom. The van der Waals surface area contributed by atoms with Crippen LogP contribution < -0.4 is 11.3 Å². The van der Waals surface area contributed by atoms with Crippen molar-refractivity contribution in [2.45, 2.75) is 18.8 Å². The molecule has 0 bridgehead atoms. The van der Waals surface area contributed by atoms with Gasteiger partial charge in [0.2, 0.25) is 0 Å². The molecule has 6 heteroatoms. The third-order valence-electron chi connectivity index (χ3n) is 2.88. The average molecular weight is 295 g/mol. The van der Waals surface area contributed by atoms with E-state index in [0.717, 1.165) is 23.0 Å². The predicted octanol–water partition coefficient (Wildman–Crippen LogP) is 1.78. The molecular formula is C11H11BrN4O. The molecule has 2 aromatic rings. The zero-order valence-corrected chi connectivity index (χ0v) is 10.6. The third kappa shape index (κ3) is 1.78. The van der Waals surface area contributed by atoms with Gasteiger partial charge in [-0.15, -0.1) is 0 Å². The Labute approximate surface area is 106 Å². The minimum atomic E-state index is -0.221. The smallest absolute Gasteiger partial charge is 0.296 e. The molecule has 0 atom stereocenters. The van der Waals surface area contributed by atoms with Crippen LogP contribution in [0.5, 0.6) is 0 Å². The third-order valence-corrected chi connectivity index (χ3v) is 3.35. The van der Waals surface area contributed by atoms with Gasteiger partial charge in [0.25, 0.3) is 5.56 Å². The number of hydrogen-bond acceptors (Lipinski definition) is 3. The van der Waals surface area contributed by atoms with E-state index in [1.165, 1.54) is 4.68 Å². The maximum Gasteiger partial charge on any atom is 0.296 e. The molecule has 0 spiro atoms. The predicted molar refractivity (Wildman–Crippen MR) is 68.3 cm³/mol. The molecule has 0 amide bonds. The summed E-state index contributed by atoms with van der Waals surface area (Å²) in [5.74, 6) is 0.969. The first-order valence-corrected chi connectivity index (χ1v) is 6.18. The second-order valence-electron chi connectivity index (χ2n) is 4.19. The molecule has 17 heavy (non-hydrogen) atoms. The van der Waals surface area contributed by atoms with Crippen LogP contribution in [0.25, 0.3) is 5.82 Å². The molecule has 5 nitrogen and oxygen atoms in total. The van der Waals surface area contributed by atoms with Gasteiger partial charge in [0.15, 0.2) is 5.82 Å². The summed E-state index contributed by atoms with van der Waals surface area (Å²) >= 11 is 3.30. The largest absolute Gasteiger partial charge is 0.393 e. The first-order valence-electron chi connectivity index (χ1n) is 5.39. The highest BCUT2D eigenvalue weighted by Crippen LogP contribution is 2.40. The minimum Gasteiger partial charge on any atom is -0.393 e. The molecule has 1 saturated carbocycles. The van der Waals surface area contributed by atoms with Crippen molar-refractivity contribution in [3.05, 3.63) is 38.9 Å². The van der Waals surface area contributed by atoms with Crippen LogP contribution in [0, 0.1) is 0 Å². The summed E-state index contributed by atoms with van der Waals surface area (Å²) in [4.78, 5) is 16.1. The lowest BCUT2D eigenvalue weighted by Crippen LogP contribution is -2.17. The molecule has 0 unspecified atom stereocenters. The summed E-state index contributed by atoms with van der Waals surface area (Å²) in [5.41, 5.74) is 6.75. The van der Waals surface area contributed by atoms with E-state index < -0.39 is 0 Å². The van der Waals surface area contributed by atoms with Crippen molar-refractivity contribution < 1.29 is 0 Å². The van der Waals surface area contributed by atoms with Gasteiger partial charge in [0.1, 0.15) is 5.69 Å². The molecule has 0 saturated heterocycles. The SMILES string of the molecule is Nc1c(C2CC2)[nH]n(-c2ccc(Br)cn2)c1=O. The molecule has 0 aromatic carbocycles. The van der Waals surface area contributed by atoms with E-state index in [2.05, 4.69) is 26.0 Å². The zero-order valence-electron chi connectivity index (χ0n) is 8.98. The van der Waals surface area contributed by atoms with E-state index in [0.29, 0.717) is 17.4 Å². The average Bonchev–Trinajstić information content (AvgIpc) is 3.11. The molecule has 1 fully saturated rings. The number of nitrogens with two attached hydrogens (primary N) is 1.